The van der Waals surface area contributed by atoms with Crippen LogP contribution in [0.25, 0.3) is 0 Å². The molecule has 0 saturated heterocycles. The molecule has 1 atom stereocenters. The summed E-state index contributed by atoms with van der Waals surface area (Å²) in [6.45, 7) is 4.74. The standard InChI is InChI=1S/C13H21N7O/c1-10(2)6-11(13-15-8-16-19(13)3)18-12(21)4-5-20-9-14-7-17-20/h7-11H,4-6H2,1-3H3,(H,18,21). The maximum Gasteiger partial charge on any atom is 0.222 e. The number of hydrogen-bond donors (Lipinski definition) is 1. The zero-order chi connectivity index (χ0) is 15.2. The van der Waals surface area contributed by atoms with Crippen LogP contribution < -0.4 is 5.32 Å². The number of rotatable bonds is 7. The van der Waals surface area contributed by atoms with E-state index in [-0.39, 0.29) is 11.9 Å². The zero-order valence-corrected chi connectivity index (χ0v) is 12.6. The Kier molecular flexibility index (Phi) is 5.02. The van der Waals surface area contributed by atoms with Crippen molar-refractivity contribution in [3.63, 3.8) is 0 Å². The SMILES string of the molecule is CC(C)CC(NC(=O)CCn1cncn1)c1ncnn1C. The maximum atomic E-state index is 12.1. The van der Waals surface area contributed by atoms with E-state index in [1.165, 1.54) is 12.7 Å². The minimum absolute atomic E-state index is 0.0286. The first kappa shape index (κ1) is 15.1. The van der Waals surface area contributed by atoms with Crippen molar-refractivity contribution in [3.8, 4) is 0 Å². The summed E-state index contributed by atoms with van der Waals surface area (Å²) in [6.07, 6.45) is 5.74. The number of nitrogens with zero attached hydrogens (tertiary/aromatic N) is 6. The Bertz CT molecular complexity index is 561. The van der Waals surface area contributed by atoms with Crippen LogP contribution >= 0.6 is 0 Å². The predicted molar refractivity (Wildman–Crippen MR) is 76.0 cm³/mol. The van der Waals surface area contributed by atoms with Crippen molar-refractivity contribution in [2.24, 2.45) is 13.0 Å². The van der Waals surface area contributed by atoms with Crippen molar-refractivity contribution >= 4 is 5.91 Å². The maximum absolute atomic E-state index is 12.1. The number of amides is 1. The average molecular weight is 291 g/mol. The molecule has 2 aromatic heterocycles. The Morgan fingerprint density at radius 3 is 2.71 bits per heavy atom. The summed E-state index contributed by atoms with van der Waals surface area (Å²) >= 11 is 0. The largest absolute Gasteiger partial charge is 0.346 e. The first-order valence-corrected chi connectivity index (χ1v) is 7.02. The first-order chi connectivity index (χ1) is 10.1. The van der Waals surface area contributed by atoms with E-state index in [0.29, 0.717) is 18.9 Å². The van der Waals surface area contributed by atoms with Gasteiger partial charge in [0.1, 0.15) is 24.8 Å². The number of aromatic nitrogens is 6. The van der Waals surface area contributed by atoms with E-state index >= 15 is 0 Å². The second-order valence-corrected chi connectivity index (χ2v) is 5.40. The molecule has 0 aromatic carbocycles. The molecule has 0 fully saturated rings. The number of hydrogen-bond acceptors (Lipinski definition) is 5. The fraction of sp³-hybridized carbons (Fsp3) is 0.615. The second kappa shape index (κ2) is 6.96. The van der Waals surface area contributed by atoms with Crippen molar-refractivity contribution in [2.75, 3.05) is 0 Å². The predicted octanol–water partition coefficient (Wildman–Crippen LogP) is 0.700. The van der Waals surface area contributed by atoms with Crippen molar-refractivity contribution in [1.29, 1.82) is 0 Å². The zero-order valence-electron chi connectivity index (χ0n) is 12.6. The van der Waals surface area contributed by atoms with Gasteiger partial charge in [-0.3, -0.25) is 14.2 Å². The number of aryl methyl sites for hydroxylation is 2. The molecule has 8 nitrogen and oxygen atoms in total. The van der Waals surface area contributed by atoms with E-state index < -0.39 is 0 Å². The van der Waals surface area contributed by atoms with Gasteiger partial charge in [0.15, 0.2) is 0 Å². The van der Waals surface area contributed by atoms with Crippen LogP contribution in [0.1, 0.15) is 38.6 Å². The fourth-order valence-electron chi connectivity index (χ4n) is 2.15. The molecule has 0 aliphatic carbocycles. The molecule has 0 spiro atoms. The van der Waals surface area contributed by atoms with Gasteiger partial charge in [0.25, 0.3) is 0 Å². The summed E-state index contributed by atoms with van der Waals surface area (Å²) in [5.41, 5.74) is 0. The van der Waals surface area contributed by atoms with Gasteiger partial charge in [-0.25, -0.2) is 9.97 Å². The summed E-state index contributed by atoms with van der Waals surface area (Å²) in [4.78, 5) is 20.2. The van der Waals surface area contributed by atoms with Crippen LogP contribution in [0.4, 0.5) is 0 Å². The second-order valence-electron chi connectivity index (χ2n) is 5.40. The topological polar surface area (TPSA) is 90.5 Å². The van der Waals surface area contributed by atoms with Gasteiger partial charge >= 0.3 is 0 Å². The van der Waals surface area contributed by atoms with Crippen LogP contribution in [0.5, 0.6) is 0 Å². The Labute approximate surface area is 123 Å². The van der Waals surface area contributed by atoms with E-state index in [4.69, 9.17) is 0 Å². The third-order valence-electron chi connectivity index (χ3n) is 3.13. The lowest BCUT2D eigenvalue weighted by molar-refractivity contribution is -0.122. The van der Waals surface area contributed by atoms with Gasteiger partial charge in [0.05, 0.1) is 12.6 Å². The third kappa shape index (κ3) is 4.37. The molecular formula is C13H21N7O. The van der Waals surface area contributed by atoms with Crippen molar-refractivity contribution in [2.45, 2.75) is 39.3 Å². The summed E-state index contributed by atoms with van der Waals surface area (Å²) in [5, 5.41) is 11.1. The van der Waals surface area contributed by atoms with Gasteiger partial charge < -0.3 is 5.32 Å². The Morgan fingerprint density at radius 1 is 1.33 bits per heavy atom. The number of nitrogens with one attached hydrogen (secondary N) is 1. The first-order valence-electron chi connectivity index (χ1n) is 7.02. The van der Waals surface area contributed by atoms with E-state index in [9.17, 15) is 4.79 Å². The number of carbonyl (C=O) groups excluding carboxylic acids is 1. The van der Waals surface area contributed by atoms with Crippen LogP contribution in [0, 0.1) is 5.92 Å². The lowest BCUT2D eigenvalue weighted by Gasteiger charge is -2.19. The highest BCUT2D eigenvalue weighted by Crippen LogP contribution is 2.18. The lowest BCUT2D eigenvalue weighted by atomic mass is 10.0. The quantitative estimate of drug-likeness (QED) is 0.811. The van der Waals surface area contributed by atoms with E-state index in [2.05, 4.69) is 39.3 Å². The molecule has 0 bridgehead atoms. The molecule has 2 rings (SSSR count). The van der Waals surface area contributed by atoms with Crippen LogP contribution in [0.3, 0.4) is 0 Å². The Hall–Kier alpha value is -2.25. The Morgan fingerprint density at radius 2 is 2.14 bits per heavy atom. The van der Waals surface area contributed by atoms with Gasteiger partial charge in [-0.15, -0.1) is 0 Å². The molecule has 0 aliphatic rings. The minimum atomic E-state index is -0.124. The fourth-order valence-corrected chi connectivity index (χ4v) is 2.15. The molecule has 114 valence electrons. The Balaban J connectivity index is 1.95. The van der Waals surface area contributed by atoms with Gasteiger partial charge in [-0.2, -0.15) is 10.2 Å². The molecule has 0 aliphatic heterocycles. The third-order valence-corrected chi connectivity index (χ3v) is 3.13. The van der Waals surface area contributed by atoms with Crippen LogP contribution in [0.15, 0.2) is 19.0 Å². The van der Waals surface area contributed by atoms with Crippen LogP contribution in [-0.4, -0.2) is 35.4 Å². The summed E-state index contributed by atoms with van der Waals surface area (Å²) in [5.74, 6) is 1.19. The molecule has 2 heterocycles. The van der Waals surface area contributed by atoms with E-state index in [1.807, 2.05) is 7.05 Å². The van der Waals surface area contributed by atoms with Crippen LogP contribution in [0.2, 0.25) is 0 Å². The monoisotopic (exact) mass is 291 g/mol. The van der Waals surface area contributed by atoms with Gasteiger partial charge in [0, 0.05) is 13.5 Å². The molecule has 21 heavy (non-hydrogen) atoms. The average Bonchev–Trinajstić information content (AvgIpc) is 3.06. The summed E-state index contributed by atoms with van der Waals surface area (Å²) in [7, 11) is 1.83. The highest BCUT2D eigenvalue weighted by atomic mass is 16.1. The van der Waals surface area contributed by atoms with Crippen molar-refractivity contribution in [3.05, 3.63) is 24.8 Å². The highest BCUT2D eigenvalue weighted by molar-refractivity contribution is 5.76. The molecule has 2 aromatic rings. The number of carbonyl (C=O) groups is 1. The highest BCUT2D eigenvalue weighted by Gasteiger charge is 2.20. The molecule has 1 N–H and O–H groups in total. The molecule has 0 saturated carbocycles. The minimum Gasteiger partial charge on any atom is -0.346 e. The van der Waals surface area contributed by atoms with Gasteiger partial charge in [0.2, 0.25) is 5.91 Å². The van der Waals surface area contributed by atoms with Crippen LogP contribution in [-0.2, 0) is 18.4 Å². The molecule has 8 heteroatoms. The smallest absolute Gasteiger partial charge is 0.222 e. The molecule has 1 unspecified atom stereocenters. The summed E-state index contributed by atoms with van der Waals surface area (Å²) < 4.78 is 3.34. The van der Waals surface area contributed by atoms with Crippen molar-refractivity contribution in [1.82, 2.24) is 34.8 Å². The van der Waals surface area contributed by atoms with E-state index in [1.54, 1.807) is 15.7 Å². The molecule has 1 amide bonds. The molecular weight excluding hydrogens is 270 g/mol. The lowest BCUT2D eigenvalue weighted by Crippen LogP contribution is -2.32. The van der Waals surface area contributed by atoms with Gasteiger partial charge in [-0.1, -0.05) is 13.8 Å². The van der Waals surface area contributed by atoms with Crippen molar-refractivity contribution < 1.29 is 4.79 Å². The normalized spacial score (nSPS) is 12.6. The summed E-state index contributed by atoms with van der Waals surface area (Å²) in [6, 6.07) is -0.124. The van der Waals surface area contributed by atoms with Gasteiger partial charge in [-0.05, 0) is 12.3 Å². The molecule has 0 radical (unpaired) electrons. The van der Waals surface area contributed by atoms with E-state index in [0.717, 1.165) is 12.2 Å².